The van der Waals surface area contributed by atoms with E-state index in [1.54, 1.807) is 19.0 Å². The van der Waals surface area contributed by atoms with E-state index in [4.69, 9.17) is 0 Å². The first-order valence-electron chi connectivity index (χ1n) is 8.58. The molecule has 1 amide bonds. The molecule has 1 fully saturated rings. The van der Waals surface area contributed by atoms with Gasteiger partial charge in [-0.05, 0) is 32.2 Å². The highest BCUT2D eigenvalue weighted by Gasteiger charge is 2.34. The number of carbonyl (C=O) groups is 1. The topological polar surface area (TPSA) is 61.6 Å². The molecular formula is C17H30N4O2. The summed E-state index contributed by atoms with van der Waals surface area (Å²) in [5, 5.41) is 10.8. The minimum atomic E-state index is -0.758. The van der Waals surface area contributed by atoms with Gasteiger partial charge in [0.15, 0.2) is 0 Å². The standard InChI is InChI=1S/C17H30N4O2/c1-4-10-21-12-9-18-15(21)13-20-11-5-7-17(23,14-20)8-6-16(22)19(2)3/h9,12,23H,4-8,10-11,13-14H2,1-3H3/t17-/m0/s1. The molecule has 0 spiro atoms. The summed E-state index contributed by atoms with van der Waals surface area (Å²) in [5.41, 5.74) is -0.758. The highest BCUT2D eigenvalue weighted by atomic mass is 16.3. The number of imidazole rings is 1. The molecule has 0 aromatic carbocycles. The highest BCUT2D eigenvalue weighted by molar-refractivity contribution is 5.75. The van der Waals surface area contributed by atoms with Gasteiger partial charge in [0.25, 0.3) is 0 Å². The first-order chi connectivity index (χ1) is 10.9. The number of aryl methyl sites for hydroxylation is 1. The fourth-order valence-electron chi connectivity index (χ4n) is 3.24. The van der Waals surface area contributed by atoms with Crippen LogP contribution in [-0.2, 0) is 17.9 Å². The Balaban J connectivity index is 1.91. The van der Waals surface area contributed by atoms with Gasteiger partial charge in [0.2, 0.25) is 5.91 Å². The fourth-order valence-corrected chi connectivity index (χ4v) is 3.24. The normalized spacial score (nSPS) is 22.3. The van der Waals surface area contributed by atoms with Crippen molar-refractivity contribution in [3.05, 3.63) is 18.2 Å². The van der Waals surface area contributed by atoms with E-state index in [2.05, 4.69) is 21.4 Å². The summed E-state index contributed by atoms with van der Waals surface area (Å²) in [6.07, 6.45) is 7.61. The Bertz CT molecular complexity index is 514. The van der Waals surface area contributed by atoms with Crippen molar-refractivity contribution in [2.24, 2.45) is 0 Å². The third-order valence-electron chi connectivity index (χ3n) is 4.57. The summed E-state index contributed by atoms with van der Waals surface area (Å²) >= 11 is 0. The maximum Gasteiger partial charge on any atom is 0.222 e. The van der Waals surface area contributed by atoms with Gasteiger partial charge in [-0.25, -0.2) is 4.98 Å². The molecule has 1 N–H and O–H groups in total. The van der Waals surface area contributed by atoms with Crippen LogP contribution in [0.1, 0.15) is 44.9 Å². The first kappa shape index (κ1) is 17.9. The quantitative estimate of drug-likeness (QED) is 0.826. The lowest BCUT2D eigenvalue weighted by Crippen LogP contribution is -2.48. The molecule has 130 valence electrons. The minimum Gasteiger partial charge on any atom is -0.389 e. The summed E-state index contributed by atoms with van der Waals surface area (Å²) in [6, 6.07) is 0. The van der Waals surface area contributed by atoms with Gasteiger partial charge in [-0.15, -0.1) is 0 Å². The van der Waals surface area contributed by atoms with Crippen molar-refractivity contribution >= 4 is 5.91 Å². The van der Waals surface area contributed by atoms with Crippen LogP contribution in [0.2, 0.25) is 0 Å². The molecule has 0 unspecified atom stereocenters. The molecule has 1 aromatic rings. The van der Waals surface area contributed by atoms with Crippen molar-refractivity contribution in [3.8, 4) is 0 Å². The Hall–Kier alpha value is -1.40. The van der Waals surface area contributed by atoms with Crippen LogP contribution in [0.25, 0.3) is 0 Å². The molecule has 0 radical (unpaired) electrons. The second-order valence-electron chi connectivity index (χ2n) is 6.86. The predicted molar refractivity (Wildman–Crippen MR) is 89.9 cm³/mol. The Labute approximate surface area is 139 Å². The number of amides is 1. The lowest BCUT2D eigenvalue weighted by Gasteiger charge is -2.39. The first-order valence-corrected chi connectivity index (χ1v) is 8.58. The fraction of sp³-hybridized carbons (Fsp3) is 0.765. The predicted octanol–water partition coefficient (Wildman–Crippen LogP) is 1.49. The van der Waals surface area contributed by atoms with E-state index >= 15 is 0 Å². The lowest BCUT2D eigenvalue weighted by atomic mass is 9.88. The van der Waals surface area contributed by atoms with Gasteiger partial charge < -0.3 is 14.6 Å². The van der Waals surface area contributed by atoms with Gasteiger partial charge in [-0.3, -0.25) is 9.69 Å². The van der Waals surface area contributed by atoms with Gasteiger partial charge in [0.05, 0.1) is 12.1 Å². The number of aromatic nitrogens is 2. The Morgan fingerprint density at radius 3 is 2.96 bits per heavy atom. The smallest absolute Gasteiger partial charge is 0.222 e. The Morgan fingerprint density at radius 1 is 1.48 bits per heavy atom. The van der Waals surface area contributed by atoms with E-state index in [1.807, 2.05) is 12.4 Å². The van der Waals surface area contributed by atoms with Crippen LogP contribution in [0, 0.1) is 0 Å². The molecule has 1 aliphatic rings. The lowest BCUT2D eigenvalue weighted by molar-refractivity contribution is -0.131. The van der Waals surface area contributed by atoms with E-state index in [1.165, 1.54) is 0 Å². The second kappa shape index (κ2) is 7.93. The van der Waals surface area contributed by atoms with Crippen LogP contribution < -0.4 is 0 Å². The van der Waals surface area contributed by atoms with Crippen molar-refractivity contribution in [2.75, 3.05) is 27.2 Å². The van der Waals surface area contributed by atoms with Crippen LogP contribution in [0.3, 0.4) is 0 Å². The van der Waals surface area contributed by atoms with Crippen molar-refractivity contribution in [3.63, 3.8) is 0 Å². The molecule has 2 heterocycles. The SMILES string of the molecule is CCCn1ccnc1CN1CCC[C@](O)(CCC(=O)N(C)C)C1. The third kappa shape index (κ3) is 5.04. The number of nitrogens with zero attached hydrogens (tertiary/aromatic N) is 4. The van der Waals surface area contributed by atoms with E-state index in [0.29, 0.717) is 19.4 Å². The molecule has 6 heteroatoms. The summed E-state index contributed by atoms with van der Waals surface area (Å²) in [7, 11) is 3.51. The third-order valence-corrected chi connectivity index (χ3v) is 4.57. The zero-order valence-corrected chi connectivity index (χ0v) is 14.7. The maximum atomic E-state index is 11.8. The molecule has 2 rings (SSSR count). The number of piperidine rings is 1. The minimum absolute atomic E-state index is 0.0778. The average Bonchev–Trinajstić information content (AvgIpc) is 2.92. The largest absolute Gasteiger partial charge is 0.389 e. The summed E-state index contributed by atoms with van der Waals surface area (Å²) in [4.78, 5) is 20.1. The second-order valence-corrected chi connectivity index (χ2v) is 6.86. The molecule has 6 nitrogen and oxygen atoms in total. The maximum absolute atomic E-state index is 11.8. The molecule has 0 aliphatic carbocycles. The van der Waals surface area contributed by atoms with Crippen LogP contribution in [0.4, 0.5) is 0 Å². The van der Waals surface area contributed by atoms with Gasteiger partial charge in [0, 0.05) is 46.0 Å². The highest BCUT2D eigenvalue weighted by Crippen LogP contribution is 2.27. The molecule has 1 atom stereocenters. The number of carbonyl (C=O) groups excluding carboxylic acids is 1. The van der Waals surface area contributed by atoms with Crippen LogP contribution in [-0.4, -0.2) is 63.2 Å². The van der Waals surface area contributed by atoms with Crippen LogP contribution in [0.5, 0.6) is 0 Å². The average molecular weight is 322 g/mol. The van der Waals surface area contributed by atoms with Gasteiger partial charge >= 0.3 is 0 Å². The molecule has 23 heavy (non-hydrogen) atoms. The van der Waals surface area contributed by atoms with E-state index in [9.17, 15) is 9.90 Å². The molecule has 1 saturated heterocycles. The molecule has 0 saturated carbocycles. The number of rotatable bonds is 7. The van der Waals surface area contributed by atoms with Crippen molar-refractivity contribution in [1.82, 2.24) is 19.4 Å². The molecule has 1 aliphatic heterocycles. The number of aliphatic hydroxyl groups is 1. The van der Waals surface area contributed by atoms with Crippen LogP contribution >= 0.6 is 0 Å². The van der Waals surface area contributed by atoms with Crippen molar-refractivity contribution in [1.29, 1.82) is 0 Å². The summed E-state index contributed by atoms with van der Waals surface area (Å²) in [6.45, 7) is 5.49. The van der Waals surface area contributed by atoms with E-state index in [-0.39, 0.29) is 5.91 Å². The monoisotopic (exact) mass is 322 g/mol. The molecule has 0 bridgehead atoms. The Morgan fingerprint density at radius 2 is 2.26 bits per heavy atom. The van der Waals surface area contributed by atoms with E-state index in [0.717, 1.165) is 44.7 Å². The number of hydrogen-bond donors (Lipinski definition) is 1. The van der Waals surface area contributed by atoms with Crippen molar-refractivity contribution in [2.45, 2.75) is 57.7 Å². The summed E-state index contributed by atoms with van der Waals surface area (Å²) in [5.74, 6) is 1.13. The molecular weight excluding hydrogens is 292 g/mol. The molecule has 1 aromatic heterocycles. The van der Waals surface area contributed by atoms with Crippen LogP contribution in [0.15, 0.2) is 12.4 Å². The number of hydrogen-bond acceptors (Lipinski definition) is 4. The van der Waals surface area contributed by atoms with E-state index < -0.39 is 5.60 Å². The van der Waals surface area contributed by atoms with Crippen molar-refractivity contribution < 1.29 is 9.90 Å². The van der Waals surface area contributed by atoms with Gasteiger partial charge in [0.1, 0.15) is 5.82 Å². The number of β-amino-alcohol motifs (C(OH)–C–C–N with tert-alkyl or cyclic N) is 1. The Kier molecular flexibility index (Phi) is 6.18. The summed E-state index contributed by atoms with van der Waals surface area (Å²) < 4.78 is 2.18. The number of likely N-dealkylation sites (tertiary alicyclic amines) is 1. The van der Waals surface area contributed by atoms with Gasteiger partial charge in [-0.1, -0.05) is 6.92 Å². The zero-order valence-electron chi connectivity index (χ0n) is 14.7. The van der Waals surface area contributed by atoms with Gasteiger partial charge in [-0.2, -0.15) is 0 Å². The zero-order chi connectivity index (χ0) is 16.9.